The van der Waals surface area contributed by atoms with Crippen molar-refractivity contribution in [3.63, 3.8) is 0 Å². The Morgan fingerprint density at radius 1 is 0.714 bits per heavy atom. The molecule has 0 saturated carbocycles. The van der Waals surface area contributed by atoms with Crippen molar-refractivity contribution in [1.29, 1.82) is 0 Å². The fraction of sp³-hybridized carbons (Fsp3) is 0.333. The van der Waals surface area contributed by atoms with E-state index >= 15 is 0 Å². The van der Waals surface area contributed by atoms with E-state index in [1.807, 2.05) is 48.5 Å². The molecule has 0 bridgehead atoms. The Bertz CT molecular complexity index is 724. The number of rotatable bonds is 11. The molecule has 150 valence electrons. The minimum atomic E-state index is -0.309. The molecule has 2 unspecified atom stereocenters. The number of nitro groups is 2. The Balaban J connectivity index is 2.13. The molecular weight excluding hydrogens is 532 g/mol. The van der Waals surface area contributed by atoms with E-state index in [0.29, 0.717) is 12.8 Å². The molecule has 0 amide bonds. The average molecular weight is 550 g/mol. The van der Waals surface area contributed by atoms with Crippen LogP contribution < -0.4 is 0 Å². The molecule has 0 aliphatic rings. The van der Waals surface area contributed by atoms with Gasteiger partial charge in [0.05, 0.1) is 0 Å². The van der Waals surface area contributed by atoms with E-state index in [1.165, 1.54) is 0 Å². The molecule has 10 heteroatoms. The van der Waals surface area contributed by atoms with Gasteiger partial charge in [-0.05, 0) is 35.4 Å². The third kappa shape index (κ3) is 8.10. The van der Waals surface area contributed by atoms with E-state index in [-0.39, 0.29) is 33.4 Å². The normalized spacial score (nSPS) is 13.1. The highest BCUT2D eigenvalue weighted by Gasteiger charge is 2.21. The van der Waals surface area contributed by atoms with Gasteiger partial charge in [0.2, 0.25) is 13.1 Å². The van der Waals surface area contributed by atoms with Gasteiger partial charge in [-0.3, -0.25) is 20.2 Å². The van der Waals surface area contributed by atoms with Crippen LogP contribution in [0.1, 0.15) is 34.5 Å². The van der Waals surface area contributed by atoms with Gasteiger partial charge in [0.1, 0.15) is 0 Å². The molecule has 2 rings (SSSR count). The van der Waals surface area contributed by atoms with Gasteiger partial charge >= 0.3 is 0 Å². The van der Waals surface area contributed by atoms with Crippen molar-refractivity contribution in [3.05, 3.63) is 88.8 Å². The van der Waals surface area contributed by atoms with Gasteiger partial charge < -0.3 is 0 Å². The number of benzene rings is 2. The molecule has 28 heavy (non-hydrogen) atoms. The summed E-state index contributed by atoms with van der Waals surface area (Å²) in [6.07, 6.45) is 0.795. The first kappa shape index (κ1) is 23.2. The highest BCUT2D eigenvalue weighted by Crippen LogP contribution is 2.49. The third-order valence-electron chi connectivity index (χ3n) is 3.92. The fourth-order valence-corrected chi connectivity index (χ4v) is 6.26. The third-order valence-corrected chi connectivity index (χ3v) is 8.30. The molecule has 0 radical (unpaired) electrons. The van der Waals surface area contributed by atoms with Crippen LogP contribution >= 0.6 is 53.4 Å². The minimum Gasteiger partial charge on any atom is -0.265 e. The van der Waals surface area contributed by atoms with Crippen molar-refractivity contribution in [2.45, 2.75) is 23.3 Å². The van der Waals surface area contributed by atoms with Gasteiger partial charge in [0, 0.05) is 42.1 Å². The van der Waals surface area contributed by atoms with E-state index in [2.05, 4.69) is 31.9 Å². The maximum Gasteiger partial charge on any atom is 0.205 e. The molecule has 0 heterocycles. The van der Waals surface area contributed by atoms with Crippen LogP contribution in [0.2, 0.25) is 0 Å². The van der Waals surface area contributed by atoms with E-state index in [1.54, 1.807) is 21.6 Å². The van der Waals surface area contributed by atoms with Crippen LogP contribution in [0.5, 0.6) is 0 Å². The van der Waals surface area contributed by atoms with E-state index in [0.717, 1.165) is 20.1 Å². The van der Waals surface area contributed by atoms with Gasteiger partial charge in [-0.15, -0.1) is 0 Å². The van der Waals surface area contributed by atoms with Gasteiger partial charge in [-0.1, -0.05) is 77.7 Å². The smallest absolute Gasteiger partial charge is 0.205 e. The molecule has 0 fully saturated rings. The number of hydrogen-bond acceptors (Lipinski definition) is 6. The van der Waals surface area contributed by atoms with Crippen LogP contribution in [-0.4, -0.2) is 22.9 Å². The molecule has 0 aromatic heterocycles. The van der Waals surface area contributed by atoms with Crippen molar-refractivity contribution in [3.8, 4) is 0 Å². The zero-order valence-corrected chi connectivity index (χ0v) is 19.5. The summed E-state index contributed by atoms with van der Waals surface area (Å²) in [7, 11) is 3.09. The topological polar surface area (TPSA) is 86.3 Å². The molecule has 0 N–H and O–H groups in total. The summed E-state index contributed by atoms with van der Waals surface area (Å²) in [6.45, 7) is -0.238. The monoisotopic (exact) mass is 548 g/mol. The summed E-state index contributed by atoms with van der Waals surface area (Å²) in [5, 5.41) is 21.6. The summed E-state index contributed by atoms with van der Waals surface area (Å²) in [5.41, 5.74) is 2.01. The van der Waals surface area contributed by atoms with Gasteiger partial charge in [0.25, 0.3) is 0 Å². The number of hydrogen-bond donors (Lipinski definition) is 0. The summed E-state index contributed by atoms with van der Waals surface area (Å²) in [4.78, 5) is 21.1. The second-order valence-electron chi connectivity index (χ2n) is 5.96. The average Bonchev–Trinajstić information content (AvgIpc) is 2.65. The Kier molecular flexibility index (Phi) is 9.76. The lowest BCUT2D eigenvalue weighted by Crippen LogP contribution is -2.07. The van der Waals surface area contributed by atoms with Gasteiger partial charge in [-0.25, -0.2) is 0 Å². The predicted octanol–water partition coefficient (Wildman–Crippen LogP) is 6.71. The van der Waals surface area contributed by atoms with Crippen LogP contribution in [-0.2, 0) is 0 Å². The minimum absolute atomic E-state index is 0.0722. The summed E-state index contributed by atoms with van der Waals surface area (Å²) in [5.74, 6) is 0. The molecular formula is C18H18Br2N2O4S2. The molecule has 2 aromatic rings. The maximum atomic E-state index is 10.9. The molecule has 6 nitrogen and oxygen atoms in total. The number of nitrogens with zero attached hydrogens (tertiary/aromatic N) is 2. The Hall–Kier alpha value is -1.10. The Morgan fingerprint density at radius 2 is 1.04 bits per heavy atom. The van der Waals surface area contributed by atoms with Crippen molar-refractivity contribution >= 4 is 53.4 Å². The fourth-order valence-electron chi connectivity index (χ4n) is 2.47. The lowest BCUT2D eigenvalue weighted by atomic mass is 10.1. The van der Waals surface area contributed by atoms with Crippen LogP contribution in [0.25, 0.3) is 0 Å². The molecule has 0 saturated heterocycles. The van der Waals surface area contributed by atoms with Crippen molar-refractivity contribution in [2.24, 2.45) is 0 Å². The maximum absolute atomic E-state index is 10.9. The van der Waals surface area contributed by atoms with E-state index < -0.39 is 0 Å². The summed E-state index contributed by atoms with van der Waals surface area (Å²) < 4.78 is 1.89. The van der Waals surface area contributed by atoms with E-state index in [4.69, 9.17) is 0 Å². The Labute approximate surface area is 187 Å². The van der Waals surface area contributed by atoms with Crippen LogP contribution in [0, 0.1) is 20.2 Å². The van der Waals surface area contributed by atoms with Crippen molar-refractivity contribution < 1.29 is 9.85 Å². The molecule has 0 aliphatic carbocycles. The van der Waals surface area contributed by atoms with Crippen LogP contribution in [0.3, 0.4) is 0 Å². The lowest BCUT2D eigenvalue weighted by Gasteiger charge is -2.20. The second kappa shape index (κ2) is 11.8. The largest absolute Gasteiger partial charge is 0.265 e. The Morgan fingerprint density at radius 3 is 1.32 bits per heavy atom. The SMILES string of the molecule is O=[N+]([O-])CCC(SSC(CC[N+](=O)[O-])c1ccc(Br)cc1)c1ccc(Br)cc1. The molecule has 0 spiro atoms. The lowest BCUT2D eigenvalue weighted by molar-refractivity contribution is -0.480. The summed E-state index contributed by atoms with van der Waals surface area (Å²) >= 11 is 6.80. The zero-order valence-electron chi connectivity index (χ0n) is 14.7. The quantitative estimate of drug-likeness (QED) is 0.176. The second-order valence-corrected chi connectivity index (χ2v) is 10.5. The molecule has 2 aromatic carbocycles. The van der Waals surface area contributed by atoms with Crippen molar-refractivity contribution in [2.75, 3.05) is 13.1 Å². The number of halogens is 2. The van der Waals surface area contributed by atoms with Crippen LogP contribution in [0.15, 0.2) is 57.5 Å². The van der Waals surface area contributed by atoms with Crippen LogP contribution in [0.4, 0.5) is 0 Å². The van der Waals surface area contributed by atoms with Gasteiger partial charge in [0.15, 0.2) is 0 Å². The highest BCUT2D eigenvalue weighted by molar-refractivity contribution is 9.10. The highest BCUT2D eigenvalue weighted by atomic mass is 79.9. The molecule has 0 aliphatic heterocycles. The van der Waals surface area contributed by atoms with Crippen molar-refractivity contribution in [1.82, 2.24) is 0 Å². The van der Waals surface area contributed by atoms with Gasteiger partial charge in [-0.2, -0.15) is 0 Å². The predicted molar refractivity (Wildman–Crippen MR) is 122 cm³/mol. The van der Waals surface area contributed by atoms with E-state index in [9.17, 15) is 20.2 Å². The molecule has 2 atom stereocenters. The zero-order chi connectivity index (χ0) is 20.5. The first-order valence-electron chi connectivity index (χ1n) is 8.42. The summed E-state index contributed by atoms with van der Waals surface area (Å²) in [6, 6.07) is 15.5. The standard InChI is InChI=1S/C18H18Br2N2O4S2/c19-15-5-1-13(2-6-15)17(9-11-21(23)24)27-28-18(10-12-22(25)26)14-3-7-16(20)8-4-14/h1-8,17-18H,9-12H2. The first-order valence-corrected chi connectivity index (χ1v) is 12.3. The first-order chi connectivity index (χ1) is 13.3.